The van der Waals surface area contributed by atoms with Crippen molar-refractivity contribution in [2.45, 2.75) is 43.5 Å². The van der Waals surface area contributed by atoms with Crippen molar-refractivity contribution in [1.82, 2.24) is 24.7 Å². The van der Waals surface area contributed by atoms with Crippen molar-refractivity contribution in [3.05, 3.63) is 32.4 Å². The molecule has 2 unspecified atom stereocenters. The van der Waals surface area contributed by atoms with Crippen molar-refractivity contribution in [3.8, 4) is 0 Å². The lowest BCUT2D eigenvalue weighted by molar-refractivity contribution is 0.599. The summed E-state index contributed by atoms with van der Waals surface area (Å²) in [4.78, 5) is 21.9. The fourth-order valence-electron chi connectivity index (χ4n) is 3.46. The predicted molar refractivity (Wildman–Crippen MR) is 111 cm³/mol. The first kappa shape index (κ1) is 19.6. The van der Waals surface area contributed by atoms with Gasteiger partial charge in [0.25, 0.3) is 5.56 Å². The van der Waals surface area contributed by atoms with Gasteiger partial charge in [0.15, 0.2) is 15.0 Å². The van der Waals surface area contributed by atoms with Gasteiger partial charge in [0.1, 0.15) is 16.5 Å². The normalized spacial score (nSPS) is 20.1. The Morgan fingerprint density at radius 3 is 2.75 bits per heavy atom. The van der Waals surface area contributed by atoms with Crippen LogP contribution in [0.25, 0.3) is 10.2 Å². The second kappa shape index (κ2) is 6.96. The summed E-state index contributed by atoms with van der Waals surface area (Å²) < 4.78 is 25.4. The first-order valence-corrected chi connectivity index (χ1v) is 12.4. The monoisotopic (exact) mass is 439 g/mol. The molecule has 28 heavy (non-hydrogen) atoms. The van der Waals surface area contributed by atoms with Crippen LogP contribution in [0, 0.1) is 13.8 Å². The number of aromatic amines is 1. The van der Waals surface area contributed by atoms with E-state index in [1.54, 1.807) is 0 Å². The molecule has 150 valence electrons. The quantitative estimate of drug-likeness (QED) is 0.622. The molecule has 0 amide bonds. The number of hydrogen-bond acceptors (Lipinski definition) is 8. The van der Waals surface area contributed by atoms with Crippen molar-refractivity contribution < 1.29 is 8.42 Å². The van der Waals surface area contributed by atoms with E-state index in [0.29, 0.717) is 28.6 Å². The Kier molecular flexibility index (Phi) is 4.87. The number of nitrogens with zero attached hydrogens (tertiary/aromatic N) is 4. The smallest absolute Gasteiger partial charge is 0.259 e. The number of rotatable bonds is 4. The summed E-state index contributed by atoms with van der Waals surface area (Å²) in [6.07, 6.45) is 0.581. The van der Waals surface area contributed by atoms with Gasteiger partial charge in [-0.15, -0.1) is 21.5 Å². The van der Waals surface area contributed by atoms with Crippen LogP contribution in [0.5, 0.6) is 0 Å². The van der Waals surface area contributed by atoms with Gasteiger partial charge in [0, 0.05) is 17.8 Å². The van der Waals surface area contributed by atoms with Crippen LogP contribution < -0.4 is 5.56 Å². The topological polar surface area (TPSA) is 111 Å². The zero-order chi connectivity index (χ0) is 20.2. The minimum Gasteiger partial charge on any atom is -0.309 e. The first-order valence-electron chi connectivity index (χ1n) is 8.92. The minimum absolute atomic E-state index is 0.112. The number of aryl methyl sites for hydroxylation is 2. The van der Waals surface area contributed by atoms with Gasteiger partial charge in [-0.05, 0) is 32.8 Å². The maximum absolute atomic E-state index is 12.5. The predicted octanol–water partition coefficient (Wildman–Crippen LogP) is 2.49. The molecule has 0 radical (unpaired) electrons. The Morgan fingerprint density at radius 1 is 1.32 bits per heavy atom. The third-order valence-electron chi connectivity index (χ3n) is 5.19. The highest BCUT2D eigenvalue weighted by Crippen LogP contribution is 2.35. The molecule has 1 fully saturated rings. The second-order valence-electron chi connectivity index (χ2n) is 7.17. The summed E-state index contributed by atoms with van der Waals surface area (Å²) in [5.74, 6) is 1.50. The highest BCUT2D eigenvalue weighted by Gasteiger charge is 2.33. The first-order chi connectivity index (χ1) is 13.2. The number of H-pyrrole nitrogens is 1. The largest absolute Gasteiger partial charge is 0.309 e. The molecule has 0 aromatic carbocycles. The standard InChI is InChI=1S/C17H21N5O3S3/c1-8-9(2)26-16-12(8)15(23)18-13(19-16)10(3)27-17-21-20-14(22(17)4)11-5-6-28(24,25)7-11/h10-11H,5-7H2,1-4H3,(H,18,19,23). The zero-order valence-corrected chi connectivity index (χ0v) is 18.5. The summed E-state index contributed by atoms with van der Waals surface area (Å²) in [7, 11) is -1.13. The minimum atomic E-state index is -2.98. The molecule has 2 atom stereocenters. The van der Waals surface area contributed by atoms with E-state index in [4.69, 9.17) is 0 Å². The van der Waals surface area contributed by atoms with E-state index in [-0.39, 0.29) is 28.2 Å². The number of aromatic nitrogens is 5. The third-order valence-corrected chi connectivity index (χ3v) is 9.20. The molecule has 0 aliphatic carbocycles. The van der Waals surface area contributed by atoms with Crippen molar-refractivity contribution in [2.24, 2.45) is 7.05 Å². The maximum atomic E-state index is 12.5. The van der Waals surface area contributed by atoms with E-state index in [2.05, 4.69) is 20.2 Å². The van der Waals surface area contributed by atoms with Crippen LogP contribution in [-0.4, -0.2) is 44.7 Å². The Morgan fingerprint density at radius 2 is 2.07 bits per heavy atom. The highest BCUT2D eigenvalue weighted by molar-refractivity contribution is 7.99. The molecular weight excluding hydrogens is 418 g/mol. The summed E-state index contributed by atoms with van der Waals surface area (Å²) in [5.41, 5.74) is 0.856. The van der Waals surface area contributed by atoms with Crippen LogP contribution in [0.2, 0.25) is 0 Å². The molecule has 4 heterocycles. The average Bonchev–Trinajstić information content (AvgIpc) is 3.24. The third kappa shape index (κ3) is 3.39. The van der Waals surface area contributed by atoms with Crippen molar-refractivity contribution in [3.63, 3.8) is 0 Å². The van der Waals surface area contributed by atoms with Gasteiger partial charge in [0.2, 0.25) is 0 Å². The van der Waals surface area contributed by atoms with Crippen LogP contribution in [0.4, 0.5) is 0 Å². The summed E-state index contributed by atoms with van der Waals surface area (Å²) in [6.45, 7) is 5.88. The maximum Gasteiger partial charge on any atom is 0.259 e. The number of nitrogens with one attached hydrogen (secondary N) is 1. The lowest BCUT2D eigenvalue weighted by Gasteiger charge is -2.11. The van der Waals surface area contributed by atoms with E-state index in [1.807, 2.05) is 32.4 Å². The summed E-state index contributed by atoms with van der Waals surface area (Å²) in [5, 5.41) is 9.67. The number of thiophene rings is 1. The molecule has 3 aromatic rings. The molecule has 3 aromatic heterocycles. The van der Waals surface area contributed by atoms with Gasteiger partial charge in [-0.3, -0.25) is 4.79 Å². The van der Waals surface area contributed by atoms with E-state index >= 15 is 0 Å². The molecule has 1 aliphatic rings. The van der Waals surface area contributed by atoms with E-state index < -0.39 is 9.84 Å². The van der Waals surface area contributed by atoms with E-state index in [1.165, 1.54) is 23.1 Å². The molecule has 4 rings (SSSR count). The molecule has 1 aliphatic heterocycles. The Labute approximate surface area is 170 Å². The molecule has 0 saturated carbocycles. The molecule has 0 spiro atoms. The van der Waals surface area contributed by atoms with Gasteiger partial charge >= 0.3 is 0 Å². The van der Waals surface area contributed by atoms with Crippen LogP contribution in [0.1, 0.15) is 46.6 Å². The molecular formula is C17H21N5O3S3. The van der Waals surface area contributed by atoms with Gasteiger partial charge in [0.05, 0.1) is 22.1 Å². The van der Waals surface area contributed by atoms with E-state index in [9.17, 15) is 13.2 Å². The Bertz CT molecular complexity index is 1220. The van der Waals surface area contributed by atoms with Crippen LogP contribution >= 0.6 is 23.1 Å². The van der Waals surface area contributed by atoms with E-state index in [0.717, 1.165) is 15.3 Å². The summed E-state index contributed by atoms with van der Waals surface area (Å²) in [6, 6.07) is 0. The number of fused-ring (bicyclic) bond motifs is 1. The lowest BCUT2D eigenvalue weighted by atomic mass is 10.1. The van der Waals surface area contributed by atoms with Crippen molar-refractivity contribution >= 4 is 43.2 Å². The van der Waals surface area contributed by atoms with Gasteiger partial charge in [-0.2, -0.15) is 0 Å². The molecule has 11 heteroatoms. The molecule has 8 nitrogen and oxygen atoms in total. The zero-order valence-electron chi connectivity index (χ0n) is 16.0. The van der Waals surface area contributed by atoms with Crippen LogP contribution in [0.15, 0.2) is 9.95 Å². The summed E-state index contributed by atoms with van der Waals surface area (Å²) >= 11 is 2.97. The fraction of sp³-hybridized carbons (Fsp3) is 0.529. The number of thioether (sulfide) groups is 1. The molecule has 0 bridgehead atoms. The Balaban J connectivity index is 1.60. The number of hydrogen-bond donors (Lipinski definition) is 1. The average molecular weight is 440 g/mol. The van der Waals surface area contributed by atoms with Crippen molar-refractivity contribution in [1.29, 1.82) is 0 Å². The highest BCUT2D eigenvalue weighted by atomic mass is 32.2. The van der Waals surface area contributed by atoms with Gasteiger partial charge < -0.3 is 9.55 Å². The van der Waals surface area contributed by atoms with Crippen molar-refractivity contribution in [2.75, 3.05) is 11.5 Å². The lowest BCUT2D eigenvalue weighted by Crippen LogP contribution is -2.13. The molecule has 1 saturated heterocycles. The van der Waals surface area contributed by atoms with Gasteiger partial charge in [-0.25, -0.2) is 13.4 Å². The SMILES string of the molecule is Cc1sc2nc(C(C)Sc3nnc(C4CCS(=O)(=O)C4)n3C)[nH]c(=O)c2c1C. The van der Waals surface area contributed by atoms with Gasteiger partial charge in [-0.1, -0.05) is 11.8 Å². The second-order valence-corrected chi connectivity index (χ2v) is 11.9. The Hall–Kier alpha value is -1.72. The van der Waals surface area contributed by atoms with Crippen LogP contribution in [0.3, 0.4) is 0 Å². The molecule has 1 N–H and O–H groups in total. The van der Waals surface area contributed by atoms with Crippen LogP contribution in [-0.2, 0) is 16.9 Å². The number of sulfone groups is 1. The fourth-order valence-corrected chi connectivity index (χ4v) is 7.12.